The zero-order chi connectivity index (χ0) is 20.8. The molecule has 0 aliphatic heterocycles. The topological polar surface area (TPSA) is 67.2 Å². The second-order valence-electron chi connectivity index (χ2n) is 6.94. The van der Waals surface area contributed by atoms with Gasteiger partial charge in [0.05, 0.1) is 22.4 Å². The van der Waals surface area contributed by atoms with E-state index in [0.29, 0.717) is 30.9 Å². The Balaban J connectivity index is 1.71. The van der Waals surface area contributed by atoms with Crippen LogP contribution in [0.2, 0.25) is 0 Å². The molecule has 0 saturated heterocycles. The zero-order valence-electron chi connectivity index (χ0n) is 16.4. The second-order valence-corrected chi connectivity index (χ2v) is 7.32. The fourth-order valence-corrected chi connectivity index (χ4v) is 3.45. The maximum atomic E-state index is 12.1. The summed E-state index contributed by atoms with van der Waals surface area (Å²) in [7, 11) is 0. The standard InChI is InChI=1S/C24H21ClN4O/c25-14-5-10-24(30)29-28-23(22-12-11-17-6-1-3-8-20(17)27-22)16-18-13-15-26-21-9-4-2-7-19(18)21/h1-4,6-9,11-13,15H,5,10,14,16H2,(H,29,30). The molecule has 30 heavy (non-hydrogen) atoms. The Bertz CT molecular complexity index is 1220. The normalized spacial score (nSPS) is 11.7. The third-order valence-corrected chi connectivity index (χ3v) is 5.11. The summed E-state index contributed by atoms with van der Waals surface area (Å²) in [5.74, 6) is 0.285. The van der Waals surface area contributed by atoms with Crippen LogP contribution in [0.15, 0.2) is 78.0 Å². The number of para-hydroxylation sites is 2. The van der Waals surface area contributed by atoms with Gasteiger partial charge < -0.3 is 0 Å². The van der Waals surface area contributed by atoms with Crippen LogP contribution in [0.3, 0.4) is 0 Å². The fourth-order valence-electron chi connectivity index (χ4n) is 3.32. The van der Waals surface area contributed by atoms with Crippen molar-refractivity contribution in [1.29, 1.82) is 0 Å². The van der Waals surface area contributed by atoms with E-state index in [4.69, 9.17) is 16.6 Å². The SMILES string of the molecule is O=C(CCCCl)NN=C(Cc1ccnc2ccccc12)c1ccc2ccccc2n1. The number of carbonyl (C=O) groups excluding carboxylic acids is 1. The number of hydrogen-bond acceptors (Lipinski definition) is 4. The third kappa shape index (κ3) is 4.63. The van der Waals surface area contributed by atoms with E-state index in [-0.39, 0.29) is 5.91 Å². The number of carbonyl (C=O) groups is 1. The Labute approximate surface area is 179 Å². The number of alkyl halides is 1. The fraction of sp³-hybridized carbons (Fsp3) is 0.167. The Morgan fingerprint density at radius 3 is 2.63 bits per heavy atom. The van der Waals surface area contributed by atoms with Gasteiger partial charge in [-0.25, -0.2) is 10.4 Å². The molecule has 0 atom stereocenters. The molecule has 2 aromatic carbocycles. The molecular weight excluding hydrogens is 396 g/mol. The van der Waals surface area contributed by atoms with Crippen molar-refractivity contribution in [1.82, 2.24) is 15.4 Å². The van der Waals surface area contributed by atoms with Crippen molar-refractivity contribution in [3.8, 4) is 0 Å². The quantitative estimate of drug-likeness (QED) is 0.265. The molecule has 4 aromatic rings. The smallest absolute Gasteiger partial charge is 0.240 e. The van der Waals surface area contributed by atoms with E-state index in [9.17, 15) is 4.79 Å². The minimum absolute atomic E-state index is 0.159. The molecule has 6 heteroatoms. The number of fused-ring (bicyclic) bond motifs is 2. The molecule has 0 spiro atoms. The predicted molar refractivity (Wildman–Crippen MR) is 122 cm³/mol. The maximum Gasteiger partial charge on any atom is 0.240 e. The number of rotatable bonds is 7. The highest BCUT2D eigenvalue weighted by molar-refractivity contribution is 6.17. The van der Waals surface area contributed by atoms with E-state index in [0.717, 1.165) is 33.1 Å². The van der Waals surface area contributed by atoms with Crippen LogP contribution in [-0.2, 0) is 11.2 Å². The predicted octanol–water partition coefficient (Wildman–Crippen LogP) is 4.87. The van der Waals surface area contributed by atoms with Crippen LogP contribution < -0.4 is 5.43 Å². The lowest BCUT2D eigenvalue weighted by Crippen LogP contribution is -2.21. The molecule has 1 amide bonds. The van der Waals surface area contributed by atoms with Gasteiger partial charge in [0.2, 0.25) is 5.91 Å². The second kappa shape index (κ2) is 9.46. The summed E-state index contributed by atoms with van der Waals surface area (Å²) in [6, 6.07) is 21.9. The molecule has 0 unspecified atom stereocenters. The summed E-state index contributed by atoms with van der Waals surface area (Å²) in [5, 5.41) is 6.56. The van der Waals surface area contributed by atoms with Crippen molar-refractivity contribution >= 4 is 45.0 Å². The van der Waals surface area contributed by atoms with Gasteiger partial charge >= 0.3 is 0 Å². The molecule has 4 rings (SSSR count). The molecule has 2 heterocycles. The van der Waals surface area contributed by atoms with Crippen molar-refractivity contribution in [2.45, 2.75) is 19.3 Å². The van der Waals surface area contributed by atoms with E-state index in [1.165, 1.54) is 0 Å². The molecule has 0 bridgehead atoms. The number of amides is 1. The molecule has 2 aromatic heterocycles. The molecular formula is C24H21ClN4O. The van der Waals surface area contributed by atoms with Crippen LogP contribution in [0.25, 0.3) is 21.8 Å². The van der Waals surface area contributed by atoms with Crippen molar-refractivity contribution in [2.75, 3.05) is 5.88 Å². The number of hydrogen-bond donors (Lipinski definition) is 1. The van der Waals surface area contributed by atoms with Crippen LogP contribution in [-0.4, -0.2) is 27.5 Å². The largest absolute Gasteiger partial charge is 0.273 e. The lowest BCUT2D eigenvalue weighted by Gasteiger charge is -2.10. The maximum absolute atomic E-state index is 12.1. The molecule has 0 aliphatic rings. The van der Waals surface area contributed by atoms with Crippen molar-refractivity contribution in [2.24, 2.45) is 5.10 Å². The van der Waals surface area contributed by atoms with Gasteiger partial charge in [0.25, 0.3) is 0 Å². The Morgan fingerprint density at radius 1 is 0.967 bits per heavy atom. The minimum Gasteiger partial charge on any atom is -0.273 e. The monoisotopic (exact) mass is 416 g/mol. The molecule has 150 valence electrons. The highest BCUT2D eigenvalue weighted by atomic mass is 35.5. The summed E-state index contributed by atoms with van der Waals surface area (Å²) < 4.78 is 0. The Hall–Kier alpha value is -3.31. The first-order valence-electron chi connectivity index (χ1n) is 9.85. The number of pyridine rings is 2. The van der Waals surface area contributed by atoms with Gasteiger partial charge in [-0.05, 0) is 36.2 Å². The van der Waals surface area contributed by atoms with Crippen LogP contribution in [0.4, 0.5) is 0 Å². The van der Waals surface area contributed by atoms with Crippen molar-refractivity contribution in [3.05, 3.63) is 84.2 Å². The first-order valence-corrected chi connectivity index (χ1v) is 10.4. The summed E-state index contributed by atoms with van der Waals surface area (Å²) in [6.45, 7) is 0. The van der Waals surface area contributed by atoms with E-state index >= 15 is 0 Å². The summed E-state index contributed by atoms with van der Waals surface area (Å²) in [6.07, 6.45) is 3.26. The third-order valence-electron chi connectivity index (χ3n) is 4.84. The van der Waals surface area contributed by atoms with Gasteiger partial charge in [0.15, 0.2) is 0 Å². The number of benzene rings is 2. The van der Waals surface area contributed by atoms with Gasteiger partial charge in [-0.1, -0.05) is 42.5 Å². The van der Waals surface area contributed by atoms with E-state index < -0.39 is 0 Å². The van der Waals surface area contributed by atoms with Gasteiger partial charge in [0, 0.05) is 35.7 Å². The molecule has 0 fully saturated rings. The first kappa shape index (κ1) is 20.0. The lowest BCUT2D eigenvalue weighted by molar-refractivity contribution is -0.121. The highest BCUT2D eigenvalue weighted by Gasteiger charge is 2.12. The van der Waals surface area contributed by atoms with Crippen molar-refractivity contribution in [3.63, 3.8) is 0 Å². The lowest BCUT2D eigenvalue weighted by atomic mass is 10.0. The first-order chi connectivity index (χ1) is 14.7. The van der Waals surface area contributed by atoms with Crippen molar-refractivity contribution < 1.29 is 4.79 Å². The number of nitrogens with one attached hydrogen (secondary N) is 1. The summed E-state index contributed by atoms with van der Waals surface area (Å²) >= 11 is 5.69. The number of nitrogens with zero attached hydrogens (tertiary/aromatic N) is 3. The molecule has 0 saturated carbocycles. The van der Waals surface area contributed by atoms with E-state index in [1.54, 1.807) is 6.20 Å². The number of halogens is 1. The van der Waals surface area contributed by atoms with Gasteiger partial charge in [-0.2, -0.15) is 5.10 Å². The zero-order valence-corrected chi connectivity index (χ0v) is 17.1. The number of hydrazone groups is 1. The Kier molecular flexibility index (Phi) is 6.30. The molecule has 5 nitrogen and oxygen atoms in total. The van der Waals surface area contributed by atoms with E-state index in [1.807, 2.05) is 66.7 Å². The Morgan fingerprint density at radius 2 is 1.77 bits per heavy atom. The number of aromatic nitrogens is 2. The van der Waals surface area contributed by atoms with Crippen LogP contribution in [0.5, 0.6) is 0 Å². The summed E-state index contributed by atoms with van der Waals surface area (Å²) in [4.78, 5) is 21.3. The van der Waals surface area contributed by atoms with E-state index in [2.05, 4.69) is 15.5 Å². The van der Waals surface area contributed by atoms with Gasteiger partial charge in [0.1, 0.15) is 0 Å². The highest BCUT2D eigenvalue weighted by Crippen LogP contribution is 2.19. The molecule has 0 aliphatic carbocycles. The van der Waals surface area contributed by atoms with Crippen LogP contribution in [0, 0.1) is 0 Å². The van der Waals surface area contributed by atoms with Gasteiger partial charge in [-0.3, -0.25) is 9.78 Å². The van der Waals surface area contributed by atoms with Crippen LogP contribution >= 0.6 is 11.6 Å². The average molecular weight is 417 g/mol. The molecule has 1 N–H and O–H groups in total. The average Bonchev–Trinajstić information content (AvgIpc) is 2.80. The minimum atomic E-state index is -0.159. The van der Waals surface area contributed by atoms with Gasteiger partial charge in [-0.15, -0.1) is 11.6 Å². The van der Waals surface area contributed by atoms with Crippen LogP contribution in [0.1, 0.15) is 24.1 Å². The molecule has 0 radical (unpaired) electrons. The summed E-state index contributed by atoms with van der Waals surface area (Å²) in [5.41, 5.74) is 6.97.